The monoisotopic (exact) mass is 470 g/mol. The van der Waals surface area contributed by atoms with E-state index in [4.69, 9.17) is 14.2 Å². The average molecular weight is 470 g/mol. The van der Waals surface area contributed by atoms with Crippen LogP contribution in [-0.2, 0) is 4.79 Å². The zero-order valence-corrected chi connectivity index (χ0v) is 19.3. The molecule has 5 nitrogen and oxygen atoms in total. The number of carbonyl (C=O) groups is 2. The molecule has 176 valence electrons. The molecule has 0 radical (unpaired) electrons. The summed E-state index contributed by atoms with van der Waals surface area (Å²) in [4.78, 5) is 24.6. The van der Waals surface area contributed by atoms with Gasteiger partial charge in [-0.1, -0.05) is 6.07 Å². The van der Waals surface area contributed by atoms with Crippen molar-refractivity contribution < 1.29 is 28.2 Å². The molecule has 0 amide bonds. The minimum atomic E-state index is -0.585. The van der Waals surface area contributed by atoms with Gasteiger partial charge in [0.2, 0.25) is 0 Å². The molecule has 0 N–H and O–H groups in total. The molecule has 0 fully saturated rings. The lowest BCUT2D eigenvalue weighted by molar-refractivity contribution is -0.136. The lowest BCUT2D eigenvalue weighted by Crippen LogP contribution is -2.17. The maximum atomic E-state index is 13.0. The molecular formula is C29H23FO5. The topological polar surface area (TPSA) is 61.8 Å². The number of hydrogen-bond donors (Lipinski definition) is 0. The first-order valence-electron chi connectivity index (χ1n) is 11.0. The molecule has 4 aromatic carbocycles. The van der Waals surface area contributed by atoms with Crippen LogP contribution in [0.25, 0.3) is 0 Å². The summed E-state index contributed by atoms with van der Waals surface area (Å²) < 4.78 is 29.7. The number of halogens is 1. The van der Waals surface area contributed by atoms with E-state index in [0.717, 1.165) is 16.9 Å². The van der Waals surface area contributed by atoms with Gasteiger partial charge in [0.05, 0.1) is 0 Å². The van der Waals surface area contributed by atoms with Gasteiger partial charge in [0.15, 0.2) is 12.4 Å². The van der Waals surface area contributed by atoms with E-state index in [0.29, 0.717) is 22.6 Å². The average Bonchev–Trinajstić information content (AvgIpc) is 2.83. The molecule has 0 heterocycles. The van der Waals surface area contributed by atoms with Gasteiger partial charge in [-0.3, -0.25) is 4.79 Å². The van der Waals surface area contributed by atoms with Gasteiger partial charge >= 0.3 is 5.97 Å². The second kappa shape index (κ2) is 10.7. The number of aryl methyl sites for hydroxylation is 2. The third-order valence-corrected chi connectivity index (χ3v) is 5.07. The number of ketones is 1. The second-order valence-electron chi connectivity index (χ2n) is 8.02. The summed E-state index contributed by atoms with van der Waals surface area (Å²) >= 11 is 0. The molecule has 0 aliphatic rings. The number of esters is 1. The SMILES string of the molecule is Cc1cc(C)cc(Oc2ccc(OCC(=O)Oc3ccc(C(=O)c4ccc(F)cc4)cc3)cc2)c1. The Hall–Kier alpha value is -4.45. The van der Waals surface area contributed by atoms with Gasteiger partial charge < -0.3 is 14.2 Å². The molecule has 35 heavy (non-hydrogen) atoms. The van der Waals surface area contributed by atoms with Crippen molar-refractivity contribution >= 4 is 11.8 Å². The molecule has 0 atom stereocenters. The normalized spacial score (nSPS) is 10.5. The Bertz CT molecular complexity index is 1310. The summed E-state index contributed by atoms with van der Waals surface area (Å²) in [5.41, 5.74) is 3.01. The molecule has 0 unspecified atom stereocenters. The first kappa shape index (κ1) is 23.7. The molecule has 0 aliphatic heterocycles. The van der Waals surface area contributed by atoms with Crippen LogP contribution < -0.4 is 14.2 Å². The van der Waals surface area contributed by atoms with E-state index in [1.807, 2.05) is 26.0 Å². The highest BCUT2D eigenvalue weighted by Gasteiger charge is 2.11. The predicted molar refractivity (Wildman–Crippen MR) is 130 cm³/mol. The summed E-state index contributed by atoms with van der Waals surface area (Å²) in [6.45, 7) is 3.74. The fraction of sp³-hybridized carbons (Fsp3) is 0.103. The summed E-state index contributed by atoms with van der Waals surface area (Å²) in [6, 6.07) is 24.4. The molecule has 4 aromatic rings. The van der Waals surface area contributed by atoms with Gasteiger partial charge in [0.1, 0.15) is 28.8 Å². The third-order valence-electron chi connectivity index (χ3n) is 5.07. The van der Waals surface area contributed by atoms with Gasteiger partial charge in [-0.2, -0.15) is 0 Å². The number of rotatable bonds is 8. The van der Waals surface area contributed by atoms with Gasteiger partial charge in [-0.25, -0.2) is 9.18 Å². The Morgan fingerprint density at radius 1 is 0.657 bits per heavy atom. The molecule has 0 bridgehead atoms. The highest BCUT2D eigenvalue weighted by atomic mass is 19.1. The zero-order valence-electron chi connectivity index (χ0n) is 19.3. The molecule has 0 saturated heterocycles. The van der Waals surface area contributed by atoms with E-state index in [9.17, 15) is 14.0 Å². The van der Waals surface area contributed by atoms with E-state index in [-0.39, 0.29) is 18.1 Å². The van der Waals surface area contributed by atoms with E-state index >= 15 is 0 Å². The summed E-state index contributed by atoms with van der Waals surface area (Å²) in [7, 11) is 0. The van der Waals surface area contributed by atoms with Crippen LogP contribution in [0.4, 0.5) is 4.39 Å². The Morgan fingerprint density at radius 3 is 1.77 bits per heavy atom. The van der Waals surface area contributed by atoms with Crippen molar-refractivity contribution in [2.45, 2.75) is 13.8 Å². The molecular weight excluding hydrogens is 447 g/mol. The van der Waals surface area contributed by atoms with Gasteiger partial charge in [-0.05, 0) is 110 Å². The molecule has 0 spiro atoms. The zero-order chi connectivity index (χ0) is 24.8. The Morgan fingerprint density at radius 2 is 1.17 bits per heavy atom. The van der Waals surface area contributed by atoms with Crippen LogP contribution in [0.3, 0.4) is 0 Å². The number of hydrogen-bond acceptors (Lipinski definition) is 5. The van der Waals surface area contributed by atoms with Crippen molar-refractivity contribution in [1.29, 1.82) is 0 Å². The highest BCUT2D eigenvalue weighted by Crippen LogP contribution is 2.26. The standard InChI is InChI=1S/C29H23FO5/c1-19-15-20(2)17-27(16-19)34-25-13-11-24(12-14-25)33-18-28(31)35-26-9-5-22(6-10-26)29(32)21-3-7-23(30)8-4-21/h3-17H,18H2,1-2H3. The van der Waals surface area contributed by atoms with Crippen molar-refractivity contribution in [1.82, 2.24) is 0 Å². The minimum absolute atomic E-state index is 0.254. The van der Waals surface area contributed by atoms with Crippen LogP contribution in [0, 0.1) is 19.7 Å². The van der Waals surface area contributed by atoms with Crippen LogP contribution >= 0.6 is 0 Å². The summed E-state index contributed by atoms with van der Waals surface area (Å²) in [6.07, 6.45) is 0. The van der Waals surface area contributed by atoms with E-state index in [1.54, 1.807) is 36.4 Å². The summed E-state index contributed by atoms with van der Waals surface area (Å²) in [5.74, 6) is 0.939. The van der Waals surface area contributed by atoms with E-state index in [1.165, 1.54) is 36.4 Å². The lowest BCUT2D eigenvalue weighted by Gasteiger charge is -2.10. The number of carbonyl (C=O) groups excluding carboxylic acids is 2. The molecule has 6 heteroatoms. The van der Waals surface area contributed by atoms with Crippen molar-refractivity contribution in [2.24, 2.45) is 0 Å². The van der Waals surface area contributed by atoms with Crippen molar-refractivity contribution in [3.05, 3.63) is 119 Å². The molecule has 0 saturated carbocycles. The van der Waals surface area contributed by atoms with Crippen LogP contribution in [-0.4, -0.2) is 18.4 Å². The third kappa shape index (κ3) is 6.54. The lowest BCUT2D eigenvalue weighted by atomic mass is 10.0. The Labute approximate surface area is 202 Å². The molecule has 0 aromatic heterocycles. The van der Waals surface area contributed by atoms with Crippen LogP contribution in [0.5, 0.6) is 23.0 Å². The fourth-order valence-corrected chi connectivity index (χ4v) is 3.48. The minimum Gasteiger partial charge on any atom is -0.482 e. The van der Waals surface area contributed by atoms with Crippen LogP contribution in [0.15, 0.2) is 91.0 Å². The van der Waals surface area contributed by atoms with Crippen molar-refractivity contribution in [2.75, 3.05) is 6.61 Å². The van der Waals surface area contributed by atoms with E-state index in [2.05, 4.69) is 6.07 Å². The maximum absolute atomic E-state index is 13.0. The predicted octanol–water partition coefficient (Wildman–Crippen LogP) is 6.45. The van der Waals surface area contributed by atoms with E-state index < -0.39 is 11.8 Å². The van der Waals surface area contributed by atoms with Crippen LogP contribution in [0.1, 0.15) is 27.0 Å². The van der Waals surface area contributed by atoms with Crippen LogP contribution in [0.2, 0.25) is 0 Å². The van der Waals surface area contributed by atoms with Gasteiger partial charge in [-0.15, -0.1) is 0 Å². The van der Waals surface area contributed by atoms with Crippen molar-refractivity contribution in [3.8, 4) is 23.0 Å². The fourth-order valence-electron chi connectivity index (χ4n) is 3.48. The molecule has 4 rings (SSSR count). The molecule has 0 aliphatic carbocycles. The highest BCUT2D eigenvalue weighted by molar-refractivity contribution is 6.09. The summed E-state index contributed by atoms with van der Waals surface area (Å²) in [5, 5.41) is 0. The maximum Gasteiger partial charge on any atom is 0.349 e. The number of benzene rings is 4. The largest absolute Gasteiger partial charge is 0.482 e. The first-order valence-corrected chi connectivity index (χ1v) is 11.0. The van der Waals surface area contributed by atoms with Gasteiger partial charge in [0, 0.05) is 11.1 Å². The quantitative estimate of drug-likeness (QED) is 0.168. The Kier molecular flexibility index (Phi) is 7.21. The smallest absolute Gasteiger partial charge is 0.349 e. The number of ether oxygens (including phenoxy) is 3. The van der Waals surface area contributed by atoms with Crippen molar-refractivity contribution in [3.63, 3.8) is 0 Å². The second-order valence-corrected chi connectivity index (χ2v) is 8.02. The first-order chi connectivity index (χ1) is 16.9. The Balaban J connectivity index is 1.28. The van der Waals surface area contributed by atoms with Gasteiger partial charge in [0.25, 0.3) is 0 Å².